The summed E-state index contributed by atoms with van der Waals surface area (Å²) in [5, 5.41) is 6.33. The highest BCUT2D eigenvalue weighted by Crippen LogP contribution is 2.17. The van der Waals surface area contributed by atoms with Gasteiger partial charge in [0.2, 0.25) is 5.91 Å². The van der Waals surface area contributed by atoms with Gasteiger partial charge in [0.1, 0.15) is 0 Å². The van der Waals surface area contributed by atoms with Crippen LogP contribution in [-0.4, -0.2) is 32.6 Å². The molecule has 8 nitrogen and oxygen atoms in total. The average molecular weight is 339 g/mol. The Morgan fingerprint density at radius 2 is 1.91 bits per heavy atom. The van der Waals surface area contributed by atoms with Crippen LogP contribution in [0, 0.1) is 5.92 Å². The number of nitrogens with zero attached hydrogens (tertiary/aromatic N) is 1. The van der Waals surface area contributed by atoms with Crippen LogP contribution in [0.4, 0.5) is 5.69 Å². The van der Waals surface area contributed by atoms with E-state index in [4.69, 9.17) is 4.74 Å². The molecule has 0 bridgehead atoms. The van der Waals surface area contributed by atoms with Crippen molar-refractivity contribution in [2.75, 3.05) is 11.9 Å². The number of benzene rings is 1. The van der Waals surface area contributed by atoms with Gasteiger partial charge in [0, 0.05) is 19.0 Å². The lowest BCUT2D eigenvalue weighted by Crippen LogP contribution is -2.24. The molecule has 1 aliphatic heterocycles. The van der Waals surface area contributed by atoms with Gasteiger partial charge < -0.3 is 10.1 Å². The maximum atomic E-state index is 12.1. The Kier molecular flexibility index (Phi) is 4.99. The van der Waals surface area contributed by atoms with Crippen molar-refractivity contribution in [2.24, 2.45) is 11.0 Å². The number of hydrogen-bond donors (Lipinski definition) is 2. The number of anilines is 1. The molecule has 9 heteroatoms. The van der Waals surface area contributed by atoms with Crippen molar-refractivity contribution in [2.45, 2.75) is 25.2 Å². The highest BCUT2D eigenvalue weighted by atomic mass is 32.2. The summed E-state index contributed by atoms with van der Waals surface area (Å²) >= 11 is 0. The number of carbonyl (C=O) groups excluding carboxylic acids is 2. The Labute approximate surface area is 134 Å². The van der Waals surface area contributed by atoms with E-state index in [9.17, 15) is 18.0 Å². The maximum Gasteiger partial charge on any atom is 0.314 e. The Bertz CT molecular complexity index is 740. The van der Waals surface area contributed by atoms with Gasteiger partial charge in [-0.2, -0.15) is 13.5 Å². The normalized spacial score (nSPS) is 18.4. The van der Waals surface area contributed by atoms with Gasteiger partial charge in [-0.1, -0.05) is 0 Å². The van der Waals surface area contributed by atoms with E-state index >= 15 is 0 Å². The first-order valence-electron chi connectivity index (χ1n) is 6.90. The van der Waals surface area contributed by atoms with Gasteiger partial charge >= 0.3 is 5.97 Å². The lowest BCUT2D eigenvalue weighted by molar-refractivity contribution is -0.139. The van der Waals surface area contributed by atoms with Crippen LogP contribution in [-0.2, 0) is 24.3 Å². The van der Waals surface area contributed by atoms with Crippen LogP contribution in [0.5, 0.6) is 0 Å². The summed E-state index contributed by atoms with van der Waals surface area (Å²) in [6, 6.07) is 5.65. The van der Waals surface area contributed by atoms with Gasteiger partial charge in [0.25, 0.3) is 10.0 Å². The molecule has 0 aromatic heterocycles. The van der Waals surface area contributed by atoms with Crippen LogP contribution in [0.2, 0.25) is 0 Å². The molecule has 2 N–H and O–H groups in total. The predicted octanol–water partition coefficient (Wildman–Crippen LogP) is 0.862. The third kappa shape index (κ3) is 4.28. The Morgan fingerprint density at radius 1 is 1.26 bits per heavy atom. The van der Waals surface area contributed by atoms with Crippen molar-refractivity contribution in [1.82, 2.24) is 4.83 Å². The highest BCUT2D eigenvalue weighted by molar-refractivity contribution is 7.89. The summed E-state index contributed by atoms with van der Waals surface area (Å²) in [6.07, 6.45) is 0.487. The number of amides is 1. The van der Waals surface area contributed by atoms with Gasteiger partial charge in [0.15, 0.2) is 0 Å². The summed E-state index contributed by atoms with van der Waals surface area (Å²) in [4.78, 5) is 24.4. The fraction of sp³-hybridized carbons (Fsp3) is 0.357. The van der Waals surface area contributed by atoms with E-state index in [0.29, 0.717) is 24.4 Å². The molecule has 1 heterocycles. The number of carbonyl (C=O) groups is 2. The molecule has 1 saturated heterocycles. The molecule has 1 atom stereocenters. The van der Waals surface area contributed by atoms with E-state index in [1.54, 1.807) is 6.92 Å². The first-order valence-corrected chi connectivity index (χ1v) is 8.38. The van der Waals surface area contributed by atoms with Gasteiger partial charge in [-0.05, 0) is 31.2 Å². The fourth-order valence-electron chi connectivity index (χ4n) is 2.06. The third-order valence-electron chi connectivity index (χ3n) is 3.27. The molecular weight excluding hydrogens is 322 g/mol. The number of hydrazone groups is 1. The van der Waals surface area contributed by atoms with Crippen LogP contribution in [0.1, 0.15) is 20.3 Å². The molecular formula is C14H17N3O5S. The van der Waals surface area contributed by atoms with Gasteiger partial charge in [-0.15, -0.1) is 0 Å². The lowest BCUT2D eigenvalue weighted by atomic mass is 10.0. The summed E-state index contributed by atoms with van der Waals surface area (Å²) in [6.45, 7) is 3.24. The molecule has 0 spiro atoms. The molecule has 0 saturated carbocycles. The van der Waals surface area contributed by atoms with E-state index < -0.39 is 21.9 Å². The van der Waals surface area contributed by atoms with Crippen LogP contribution in [0.25, 0.3) is 0 Å². The van der Waals surface area contributed by atoms with Crippen molar-refractivity contribution >= 4 is 33.3 Å². The van der Waals surface area contributed by atoms with E-state index in [0.717, 1.165) is 0 Å². The summed E-state index contributed by atoms with van der Waals surface area (Å²) in [5.41, 5.74) is 0.843. The zero-order valence-electron chi connectivity index (χ0n) is 12.7. The maximum absolute atomic E-state index is 12.1. The number of nitrogens with one attached hydrogen (secondary N) is 2. The number of rotatable bonds is 5. The molecule has 23 heavy (non-hydrogen) atoms. The summed E-state index contributed by atoms with van der Waals surface area (Å²) in [7, 11) is -3.85. The molecule has 1 aliphatic rings. The molecule has 1 amide bonds. The fourth-order valence-corrected chi connectivity index (χ4v) is 2.92. The second kappa shape index (κ2) is 6.78. The zero-order valence-corrected chi connectivity index (χ0v) is 13.5. The Hall–Kier alpha value is -2.42. The van der Waals surface area contributed by atoms with E-state index in [2.05, 4.69) is 15.2 Å². The predicted molar refractivity (Wildman–Crippen MR) is 83.2 cm³/mol. The van der Waals surface area contributed by atoms with Crippen LogP contribution >= 0.6 is 0 Å². The van der Waals surface area contributed by atoms with Gasteiger partial charge in [-0.3, -0.25) is 9.59 Å². The van der Waals surface area contributed by atoms with Crippen LogP contribution in [0.15, 0.2) is 34.3 Å². The minimum absolute atomic E-state index is 0.00264. The standard InChI is InChI=1S/C14H17N3O5S/c1-9(13-7-8-22-14(13)19)16-17-23(20,21)12-5-3-11(4-6-12)15-10(2)18/h3-6,13,17H,7-8H2,1-2H3,(H,15,18)/b16-9+/t13-/m1/s1. The largest absolute Gasteiger partial charge is 0.465 e. The van der Waals surface area contributed by atoms with E-state index in [1.807, 2.05) is 0 Å². The van der Waals surface area contributed by atoms with Crippen LogP contribution in [0.3, 0.4) is 0 Å². The van der Waals surface area contributed by atoms with Crippen LogP contribution < -0.4 is 10.1 Å². The van der Waals surface area contributed by atoms with Crippen molar-refractivity contribution in [1.29, 1.82) is 0 Å². The third-order valence-corrected chi connectivity index (χ3v) is 4.49. The minimum atomic E-state index is -3.85. The first-order chi connectivity index (χ1) is 10.8. The molecule has 124 valence electrons. The van der Waals surface area contributed by atoms with Crippen molar-refractivity contribution in [3.05, 3.63) is 24.3 Å². The average Bonchev–Trinajstić information content (AvgIpc) is 2.91. The van der Waals surface area contributed by atoms with Crippen molar-refractivity contribution in [3.63, 3.8) is 0 Å². The zero-order chi connectivity index (χ0) is 17.0. The second-order valence-corrected chi connectivity index (χ2v) is 6.72. The number of hydrogen-bond acceptors (Lipinski definition) is 6. The molecule has 1 fully saturated rings. The van der Waals surface area contributed by atoms with E-state index in [-0.39, 0.29) is 10.8 Å². The molecule has 1 aromatic carbocycles. The first kappa shape index (κ1) is 16.9. The number of ether oxygens (including phenoxy) is 1. The minimum Gasteiger partial charge on any atom is -0.465 e. The summed E-state index contributed by atoms with van der Waals surface area (Å²) < 4.78 is 29.1. The number of sulfonamides is 1. The quantitative estimate of drug-likeness (QED) is 0.469. The number of esters is 1. The molecule has 0 unspecified atom stereocenters. The smallest absolute Gasteiger partial charge is 0.314 e. The monoisotopic (exact) mass is 339 g/mol. The van der Waals surface area contributed by atoms with E-state index in [1.165, 1.54) is 31.2 Å². The van der Waals surface area contributed by atoms with Crippen molar-refractivity contribution < 1.29 is 22.7 Å². The molecule has 1 aromatic rings. The highest BCUT2D eigenvalue weighted by Gasteiger charge is 2.29. The topological polar surface area (TPSA) is 114 Å². The lowest BCUT2D eigenvalue weighted by Gasteiger charge is -2.08. The molecule has 2 rings (SSSR count). The van der Waals surface area contributed by atoms with Gasteiger partial charge in [0.05, 0.1) is 23.1 Å². The molecule has 0 radical (unpaired) electrons. The number of cyclic esters (lactones) is 1. The summed E-state index contributed by atoms with van der Waals surface area (Å²) in [5.74, 6) is -1.16. The van der Waals surface area contributed by atoms with Gasteiger partial charge in [-0.25, -0.2) is 4.83 Å². The van der Waals surface area contributed by atoms with Crippen molar-refractivity contribution in [3.8, 4) is 0 Å². The Morgan fingerprint density at radius 3 is 2.43 bits per heavy atom. The second-order valence-electron chi connectivity index (χ2n) is 5.06. The Balaban J connectivity index is 2.09. The molecule has 0 aliphatic carbocycles. The SMILES string of the molecule is CC(=O)Nc1ccc(S(=O)(=O)N/N=C(\C)[C@H]2CCOC2=O)cc1.